The lowest BCUT2D eigenvalue weighted by atomic mass is 9.59. The first-order chi connectivity index (χ1) is 32.6. The van der Waals surface area contributed by atoms with E-state index in [4.69, 9.17) is 18.9 Å². The molecule has 360 valence electrons. The number of piperidine rings is 1. The first kappa shape index (κ1) is 45.9. The average Bonchev–Trinajstić information content (AvgIpc) is 3.69. The fraction of sp³-hybridized carbons (Fsp3) is 0.480. The quantitative estimate of drug-likeness (QED) is 0.0842. The van der Waals surface area contributed by atoms with E-state index in [0.29, 0.717) is 49.9 Å². The van der Waals surface area contributed by atoms with Gasteiger partial charge in [0, 0.05) is 55.8 Å². The molecule has 2 saturated carbocycles. The minimum Gasteiger partial charge on any atom is -0.485 e. The maximum atomic E-state index is 14.7. The maximum Gasteiger partial charge on any atom is 0.316 e. The molecule has 2 saturated heterocycles. The van der Waals surface area contributed by atoms with Crippen molar-refractivity contribution in [1.29, 1.82) is 0 Å². The molecule has 4 fully saturated rings. The highest BCUT2D eigenvalue weighted by Crippen LogP contribution is 2.53. The van der Waals surface area contributed by atoms with Gasteiger partial charge in [-0.05, 0) is 105 Å². The lowest BCUT2D eigenvalue weighted by Crippen LogP contribution is -2.58. The number of ether oxygens (including phenoxy) is 4. The van der Waals surface area contributed by atoms with Gasteiger partial charge in [-0.1, -0.05) is 38.1 Å². The zero-order valence-electron chi connectivity index (χ0n) is 38.4. The molecule has 1 spiro atoms. The third-order valence-electron chi connectivity index (χ3n) is 15.1. The van der Waals surface area contributed by atoms with Crippen LogP contribution in [-0.2, 0) is 14.8 Å². The van der Waals surface area contributed by atoms with Gasteiger partial charge in [0.15, 0.2) is 5.75 Å². The molecule has 2 aromatic heterocycles. The number of aromatic amines is 1. The Kier molecular flexibility index (Phi) is 12.1. The number of hydrogen-bond acceptors (Lipinski definition) is 13. The molecule has 3 aromatic carbocycles. The summed E-state index contributed by atoms with van der Waals surface area (Å²) in [5.41, 5.74) is 2.41. The zero-order valence-corrected chi connectivity index (χ0v) is 39.2. The van der Waals surface area contributed by atoms with Gasteiger partial charge >= 0.3 is 5.69 Å². The number of pyridine rings is 1. The molecule has 0 unspecified atom stereocenters. The number of nitro groups is 1. The molecule has 3 aliphatic heterocycles. The normalized spacial score (nSPS) is 24.2. The summed E-state index contributed by atoms with van der Waals surface area (Å²) in [5, 5.41) is 22.9. The molecule has 5 aliphatic rings. The number of fused-ring (bicyclic) bond motifs is 2. The van der Waals surface area contributed by atoms with Crippen molar-refractivity contribution in [2.24, 2.45) is 11.3 Å². The average molecular weight is 953 g/mol. The number of halogens is 1. The number of benzene rings is 3. The lowest BCUT2D eigenvalue weighted by molar-refractivity contribution is -0.386. The summed E-state index contributed by atoms with van der Waals surface area (Å²) < 4.78 is 68.9. The third-order valence-corrected chi connectivity index (χ3v) is 16.4. The summed E-state index contributed by atoms with van der Waals surface area (Å²) in [4.78, 5) is 37.0. The maximum absolute atomic E-state index is 14.7. The number of nitrogens with one attached hydrogen (secondary N) is 2. The predicted octanol–water partition coefficient (Wildman–Crippen LogP) is 8.55. The summed E-state index contributed by atoms with van der Waals surface area (Å²) >= 11 is 0. The van der Waals surface area contributed by atoms with Crippen LogP contribution in [0.4, 0.5) is 15.8 Å². The summed E-state index contributed by atoms with van der Waals surface area (Å²) in [6.07, 6.45) is 8.51. The van der Waals surface area contributed by atoms with Crippen molar-refractivity contribution in [3.8, 4) is 23.0 Å². The number of rotatable bonds is 11. The predicted molar refractivity (Wildman–Crippen MR) is 251 cm³/mol. The van der Waals surface area contributed by atoms with Crippen LogP contribution in [0, 0.1) is 27.3 Å². The van der Waals surface area contributed by atoms with Gasteiger partial charge in [0.2, 0.25) is 5.75 Å². The van der Waals surface area contributed by atoms with Gasteiger partial charge in [-0.2, -0.15) is 0 Å². The fourth-order valence-electron chi connectivity index (χ4n) is 11.1. The molecule has 5 heterocycles. The minimum atomic E-state index is -4.75. The van der Waals surface area contributed by atoms with Crippen LogP contribution in [-0.4, -0.2) is 96.4 Å². The number of hydrogen-bond donors (Lipinski definition) is 3. The second-order valence-electron chi connectivity index (χ2n) is 19.9. The highest BCUT2D eigenvalue weighted by molar-refractivity contribution is 7.90. The van der Waals surface area contributed by atoms with Gasteiger partial charge in [-0.15, -0.1) is 0 Å². The highest BCUT2D eigenvalue weighted by Gasteiger charge is 2.50. The smallest absolute Gasteiger partial charge is 0.316 e. The van der Waals surface area contributed by atoms with E-state index in [-0.39, 0.29) is 57.9 Å². The van der Waals surface area contributed by atoms with E-state index >= 15 is 0 Å². The third kappa shape index (κ3) is 8.98. The molecule has 0 bridgehead atoms. The van der Waals surface area contributed by atoms with Crippen molar-refractivity contribution in [3.63, 3.8) is 0 Å². The van der Waals surface area contributed by atoms with Crippen molar-refractivity contribution in [3.05, 3.63) is 106 Å². The van der Waals surface area contributed by atoms with E-state index in [2.05, 4.69) is 62.6 Å². The van der Waals surface area contributed by atoms with Crippen LogP contribution < -0.4 is 23.8 Å². The molecule has 2 aliphatic carbocycles. The Morgan fingerprint density at radius 2 is 1.81 bits per heavy atom. The van der Waals surface area contributed by atoms with Crippen molar-refractivity contribution < 1.29 is 46.6 Å². The molecule has 2 atom stereocenters. The molecule has 5 aromatic rings. The van der Waals surface area contributed by atoms with E-state index < -0.39 is 49.0 Å². The summed E-state index contributed by atoms with van der Waals surface area (Å²) in [7, 11) is -4.75. The van der Waals surface area contributed by atoms with Crippen LogP contribution in [0.2, 0.25) is 0 Å². The van der Waals surface area contributed by atoms with E-state index in [1.165, 1.54) is 35.7 Å². The number of sulfonamides is 1. The van der Waals surface area contributed by atoms with Gasteiger partial charge < -0.3 is 33.9 Å². The molecular formula is C50H57FN6O10S. The second kappa shape index (κ2) is 17.9. The molecule has 18 heteroatoms. The molecule has 3 N–H and O–H groups in total. The fourth-order valence-corrected chi connectivity index (χ4v) is 12.1. The second-order valence-corrected chi connectivity index (χ2v) is 21.6. The summed E-state index contributed by atoms with van der Waals surface area (Å²) in [6, 6.07) is 17.7. The van der Waals surface area contributed by atoms with Gasteiger partial charge in [-0.25, -0.2) is 22.5 Å². The number of carbonyl (C=O) groups is 1. The lowest BCUT2D eigenvalue weighted by Gasteiger charge is -2.57. The number of H-pyrrole nitrogens is 1. The number of amides is 1. The number of carbonyl (C=O) groups excluding carboxylic acids is 1. The Morgan fingerprint density at radius 3 is 2.56 bits per heavy atom. The number of morpholine rings is 1. The van der Waals surface area contributed by atoms with E-state index in [0.717, 1.165) is 69.7 Å². The van der Waals surface area contributed by atoms with Crippen LogP contribution in [0.3, 0.4) is 0 Å². The molecule has 16 nitrogen and oxygen atoms in total. The minimum absolute atomic E-state index is 0.000233. The van der Waals surface area contributed by atoms with E-state index in [9.17, 15) is 32.8 Å². The summed E-state index contributed by atoms with van der Waals surface area (Å²) in [6.45, 7) is 10.1. The molecular weight excluding hydrogens is 896 g/mol. The largest absolute Gasteiger partial charge is 0.485 e. The topological polar surface area (TPSA) is 199 Å². The number of aliphatic hydroxyl groups is 1. The molecule has 0 radical (unpaired) electrons. The first-order valence-corrected chi connectivity index (χ1v) is 25.1. The van der Waals surface area contributed by atoms with Gasteiger partial charge in [-0.3, -0.25) is 19.8 Å². The van der Waals surface area contributed by atoms with E-state index in [1.54, 1.807) is 19.1 Å². The van der Waals surface area contributed by atoms with Crippen LogP contribution in [0.25, 0.3) is 11.0 Å². The van der Waals surface area contributed by atoms with Crippen LogP contribution >= 0.6 is 0 Å². The Balaban J connectivity index is 0.864. The molecule has 1 amide bonds. The van der Waals surface area contributed by atoms with E-state index in [1.807, 2.05) is 0 Å². The number of anilines is 1. The Hall–Kier alpha value is -5.82. The Labute approximate surface area is 394 Å². The number of nitro benzene ring substituents is 1. The zero-order chi connectivity index (χ0) is 47.5. The van der Waals surface area contributed by atoms with Crippen LogP contribution in [0.1, 0.15) is 106 Å². The van der Waals surface area contributed by atoms with Crippen molar-refractivity contribution >= 4 is 38.3 Å². The van der Waals surface area contributed by atoms with Crippen LogP contribution in [0.5, 0.6) is 23.0 Å². The van der Waals surface area contributed by atoms with Crippen molar-refractivity contribution in [2.45, 2.75) is 107 Å². The van der Waals surface area contributed by atoms with Gasteiger partial charge in [0.1, 0.15) is 35.7 Å². The molecule has 68 heavy (non-hydrogen) atoms. The number of aromatic nitrogens is 2. The van der Waals surface area contributed by atoms with Gasteiger partial charge in [0.05, 0.1) is 51.8 Å². The SMILES string of the molecule is CC(C)c1ccccc1[C@@H]1COCCN1C1CC2(CCN(c3ccc(C(=O)NS(=O)(=O)c4cc5c(c([N+](=O)[O-])c4)O[C@H](C4CCC(C)(O)CC4)CO5)c(Oc4cnc5[nH]cc(F)c5c4)c3)CC2)C1. The Morgan fingerprint density at radius 1 is 1.04 bits per heavy atom. The first-order valence-electron chi connectivity index (χ1n) is 23.6. The van der Waals surface area contributed by atoms with Gasteiger partial charge in [0.25, 0.3) is 15.9 Å². The van der Waals surface area contributed by atoms with Crippen molar-refractivity contribution in [1.82, 2.24) is 19.6 Å². The molecule has 10 rings (SSSR count). The van der Waals surface area contributed by atoms with Crippen LogP contribution in [0.15, 0.2) is 78.0 Å². The monoisotopic (exact) mass is 952 g/mol. The number of nitrogens with zero attached hydrogens (tertiary/aromatic N) is 4. The highest BCUT2D eigenvalue weighted by atomic mass is 32.2. The summed E-state index contributed by atoms with van der Waals surface area (Å²) in [5.74, 6) is -1.44. The standard InChI is InChI=1S/C50H57FN6O10S/c1-30(2)36-6-4-5-7-37(36)42-28-64-19-18-56(42)33-24-50(25-33)14-16-55(17-15-50)32-8-9-38(43(20-32)66-34-21-39-40(51)27-53-47(39)52-26-34)48(58)54-68(62,63)35-22-41(57(60)61)46-44(23-35)65-29-45(67-46)31-10-12-49(3,59)13-11-31/h4-9,20-23,26-27,30-31,33,42,45,59H,10-19,24-25,28-29H2,1-3H3,(H,52,53)(H,54,58)/t31?,42-,45-,49?/m0/s1. The van der Waals surface area contributed by atoms with Crippen molar-refractivity contribution in [2.75, 3.05) is 44.4 Å². The Bertz CT molecular complexity index is 2850.